The zero-order valence-corrected chi connectivity index (χ0v) is 7.43. The molecular weight excluding hydrogens is 184 g/mol. The van der Waals surface area contributed by atoms with E-state index in [1.54, 1.807) is 0 Å². The van der Waals surface area contributed by atoms with Gasteiger partial charge in [-0.1, -0.05) is 4.49 Å². The summed E-state index contributed by atoms with van der Waals surface area (Å²) in [7, 11) is 1.32. The monoisotopic (exact) mass is 190 g/mol. The van der Waals surface area contributed by atoms with Gasteiger partial charge < -0.3 is 4.74 Å². The fourth-order valence-electron chi connectivity index (χ4n) is 0.523. The summed E-state index contributed by atoms with van der Waals surface area (Å²) < 4.78 is 8.07. The summed E-state index contributed by atoms with van der Waals surface area (Å²) in [6.45, 7) is 0. The van der Waals surface area contributed by atoms with Crippen molar-refractivity contribution in [2.75, 3.05) is 7.11 Å². The first-order chi connectivity index (χ1) is 5.25. The highest BCUT2D eigenvalue weighted by atomic mass is 32.1. The molecule has 0 aliphatic heterocycles. The maximum atomic E-state index is 10.9. The van der Waals surface area contributed by atoms with Crippen molar-refractivity contribution in [3.05, 3.63) is 11.1 Å². The van der Waals surface area contributed by atoms with Gasteiger partial charge in [0.25, 0.3) is 0 Å². The van der Waals surface area contributed by atoms with Gasteiger partial charge in [-0.15, -0.1) is 5.10 Å². The molecule has 0 spiro atoms. The minimum atomic E-state index is -0.556. The molecule has 0 aromatic carbocycles. The van der Waals surface area contributed by atoms with Crippen LogP contribution in [0.25, 0.3) is 0 Å². The third-order valence-electron chi connectivity index (χ3n) is 1.07. The summed E-state index contributed by atoms with van der Waals surface area (Å²) >= 11 is 5.15. The Morgan fingerprint density at radius 2 is 2.64 bits per heavy atom. The van der Waals surface area contributed by atoms with E-state index in [1.807, 2.05) is 0 Å². The van der Waals surface area contributed by atoms with Crippen LogP contribution in [-0.2, 0) is 9.53 Å². The van der Waals surface area contributed by atoms with E-state index in [4.69, 9.17) is 0 Å². The van der Waals surface area contributed by atoms with Crippen molar-refractivity contribution in [2.45, 2.75) is 5.25 Å². The van der Waals surface area contributed by atoms with Crippen LogP contribution in [0.3, 0.4) is 0 Å². The Hall–Kier alpha value is -0.620. The molecule has 0 saturated carbocycles. The van der Waals surface area contributed by atoms with Crippen molar-refractivity contribution in [2.24, 2.45) is 0 Å². The van der Waals surface area contributed by atoms with Gasteiger partial charge in [0.15, 0.2) is 0 Å². The van der Waals surface area contributed by atoms with Crippen LogP contribution < -0.4 is 0 Å². The van der Waals surface area contributed by atoms with Gasteiger partial charge in [0, 0.05) is 0 Å². The first-order valence-corrected chi connectivity index (χ1v) is 4.08. The molecule has 0 bridgehead atoms. The third kappa shape index (κ3) is 1.90. The van der Waals surface area contributed by atoms with Crippen LogP contribution in [0, 0.1) is 0 Å². The predicted molar refractivity (Wildman–Crippen MR) is 43.7 cm³/mol. The van der Waals surface area contributed by atoms with Crippen molar-refractivity contribution >= 4 is 30.1 Å². The van der Waals surface area contributed by atoms with Crippen LogP contribution in [-0.4, -0.2) is 22.7 Å². The van der Waals surface area contributed by atoms with Crippen LogP contribution in [0.15, 0.2) is 6.20 Å². The van der Waals surface area contributed by atoms with Crippen LogP contribution in [0.2, 0.25) is 0 Å². The van der Waals surface area contributed by atoms with Crippen LogP contribution >= 0.6 is 24.2 Å². The number of rotatable bonds is 2. The molecule has 1 aromatic heterocycles. The lowest BCUT2D eigenvalue weighted by Crippen LogP contribution is -2.07. The summed E-state index contributed by atoms with van der Waals surface area (Å²) in [5, 5.41) is 3.02. The highest BCUT2D eigenvalue weighted by molar-refractivity contribution is 7.81. The molecule has 0 radical (unpaired) electrons. The van der Waals surface area contributed by atoms with E-state index in [-0.39, 0.29) is 5.97 Å². The molecule has 6 heteroatoms. The van der Waals surface area contributed by atoms with E-state index in [9.17, 15) is 4.79 Å². The van der Waals surface area contributed by atoms with Gasteiger partial charge in [-0.2, -0.15) is 12.6 Å². The minimum Gasteiger partial charge on any atom is -0.468 e. The molecule has 1 aromatic rings. The van der Waals surface area contributed by atoms with E-state index in [2.05, 4.69) is 27.0 Å². The lowest BCUT2D eigenvalue weighted by molar-refractivity contribution is -0.139. The Balaban J connectivity index is 2.70. The van der Waals surface area contributed by atoms with Gasteiger partial charge in [0.2, 0.25) is 0 Å². The van der Waals surface area contributed by atoms with E-state index in [1.165, 1.54) is 13.3 Å². The Morgan fingerprint density at radius 3 is 3.09 bits per heavy atom. The molecule has 1 rings (SSSR count). The molecule has 1 unspecified atom stereocenters. The second-order valence-electron chi connectivity index (χ2n) is 1.75. The highest BCUT2D eigenvalue weighted by Crippen LogP contribution is 2.22. The average Bonchev–Trinajstić information content (AvgIpc) is 2.53. The van der Waals surface area contributed by atoms with Gasteiger partial charge in [-0.25, -0.2) is 0 Å². The van der Waals surface area contributed by atoms with Gasteiger partial charge >= 0.3 is 5.97 Å². The fraction of sp³-hybridized carbons (Fsp3) is 0.400. The number of thiol groups is 1. The van der Waals surface area contributed by atoms with Crippen LogP contribution in [0.5, 0.6) is 0 Å². The number of hydrogen-bond donors (Lipinski definition) is 1. The number of ether oxygens (including phenoxy) is 1. The third-order valence-corrected chi connectivity index (χ3v) is 2.46. The van der Waals surface area contributed by atoms with Gasteiger partial charge in [-0.05, 0) is 11.5 Å². The van der Waals surface area contributed by atoms with E-state index < -0.39 is 5.25 Å². The maximum Gasteiger partial charge on any atom is 0.324 e. The number of carbonyl (C=O) groups excluding carboxylic acids is 1. The standard InChI is InChI=1S/C5H6N2O2S2/c1-9-5(8)4(10)3-2-6-7-11-3/h2,4,10H,1H3. The molecule has 0 fully saturated rings. The van der Waals surface area contributed by atoms with Crippen molar-refractivity contribution in [1.82, 2.24) is 9.59 Å². The fourth-order valence-corrected chi connectivity index (χ4v) is 1.32. The summed E-state index contributed by atoms with van der Waals surface area (Å²) in [4.78, 5) is 11.6. The quantitative estimate of drug-likeness (QED) is 0.550. The second-order valence-corrected chi connectivity index (χ2v) is 3.08. The lowest BCUT2D eigenvalue weighted by atomic mass is 10.4. The molecule has 0 N–H and O–H groups in total. The Bertz CT molecular complexity index is 237. The highest BCUT2D eigenvalue weighted by Gasteiger charge is 2.18. The second kappa shape index (κ2) is 3.68. The number of carbonyl (C=O) groups is 1. The molecule has 0 aliphatic carbocycles. The van der Waals surface area contributed by atoms with E-state index in [0.717, 1.165) is 11.5 Å². The van der Waals surface area contributed by atoms with Gasteiger partial charge in [0.1, 0.15) is 5.25 Å². The number of esters is 1. The zero-order chi connectivity index (χ0) is 8.27. The minimum absolute atomic E-state index is 0.389. The van der Waals surface area contributed by atoms with E-state index >= 15 is 0 Å². The normalized spacial score (nSPS) is 12.5. The SMILES string of the molecule is COC(=O)C(S)c1cnns1. The number of hydrogen-bond acceptors (Lipinski definition) is 6. The summed E-state index contributed by atoms with van der Waals surface area (Å²) in [5.41, 5.74) is 0. The van der Waals surface area contributed by atoms with Crippen LogP contribution in [0.4, 0.5) is 0 Å². The molecule has 11 heavy (non-hydrogen) atoms. The summed E-state index contributed by atoms with van der Waals surface area (Å²) in [5.74, 6) is -0.389. The molecule has 1 atom stereocenters. The molecule has 0 amide bonds. The van der Waals surface area contributed by atoms with Crippen molar-refractivity contribution < 1.29 is 9.53 Å². The average molecular weight is 190 g/mol. The summed E-state index contributed by atoms with van der Waals surface area (Å²) in [6.07, 6.45) is 1.50. The molecule has 1 heterocycles. The van der Waals surface area contributed by atoms with E-state index in [0.29, 0.717) is 4.88 Å². The topological polar surface area (TPSA) is 52.1 Å². The molecular formula is C5H6N2O2S2. The van der Waals surface area contributed by atoms with Crippen molar-refractivity contribution in [3.8, 4) is 0 Å². The molecule has 0 saturated heterocycles. The largest absolute Gasteiger partial charge is 0.468 e. The van der Waals surface area contributed by atoms with Crippen molar-refractivity contribution in [3.63, 3.8) is 0 Å². The Kier molecular flexibility index (Phi) is 2.84. The summed E-state index contributed by atoms with van der Waals surface area (Å²) in [6, 6.07) is 0. The van der Waals surface area contributed by atoms with Crippen molar-refractivity contribution in [1.29, 1.82) is 0 Å². The first-order valence-electron chi connectivity index (χ1n) is 2.79. The lowest BCUT2D eigenvalue weighted by Gasteiger charge is -2.02. The van der Waals surface area contributed by atoms with Gasteiger partial charge in [-0.3, -0.25) is 4.79 Å². The number of methoxy groups -OCH3 is 1. The Morgan fingerprint density at radius 1 is 1.91 bits per heavy atom. The maximum absolute atomic E-state index is 10.9. The predicted octanol–water partition coefficient (Wildman–Crippen LogP) is 0.682. The Labute approximate surface area is 73.1 Å². The number of nitrogens with zero attached hydrogens (tertiary/aromatic N) is 2. The molecule has 0 aliphatic rings. The van der Waals surface area contributed by atoms with Crippen LogP contribution in [0.1, 0.15) is 10.1 Å². The van der Waals surface area contributed by atoms with Gasteiger partial charge in [0.05, 0.1) is 18.2 Å². The zero-order valence-electron chi connectivity index (χ0n) is 5.72. The molecule has 60 valence electrons. The number of aromatic nitrogens is 2. The molecule has 4 nitrogen and oxygen atoms in total. The smallest absolute Gasteiger partial charge is 0.324 e. The first kappa shape index (κ1) is 8.48.